The molecular weight excluding hydrogens is 418 g/mol. The summed E-state index contributed by atoms with van der Waals surface area (Å²) in [7, 11) is -3.70. The largest absolute Gasteiger partial charge is 0.483 e. The maximum atomic E-state index is 13.3. The predicted octanol–water partition coefficient (Wildman–Crippen LogP) is 3.13. The quantitative estimate of drug-likeness (QED) is 0.471. The summed E-state index contributed by atoms with van der Waals surface area (Å²) >= 11 is 0. The van der Waals surface area contributed by atoms with E-state index in [2.05, 4.69) is 16.3 Å². The third-order valence-electron chi connectivity index (χ3n) is 5.33. The molecule has 8 nitrogen and oxygen atoms in total. The highest BCUT2D eigenvalue weighted by Crippen LogP contribution is 2.28. The second-order valence-electron chi connectivity index (χ2n) is 7.18. The summed E-state index contributed by atoms with van der Waals surface area (Å²) in [5.41, 5.74) is 2.42. The molecule has 4 aromatic rings. The van der Waals surface area contributed by atoms with Crippen LogP contribution in [0, 0.1) is 0 Å². The second kappa shape index (κ2) is 8.83. The molecule has 0 saturated carbocycles. The SMILES string of the molecule is O=CO.O=S(=O)(c1ccc2occc2c1)n1ccc2ccc(N3CCCNCC3)cc21. The molecule has 1 aliphatic heterocycles. The Labute approximate surface area is 179 Å². The zero-order valence-corrected chi connectivity index (χ0v) is 17.6. The normalized spacial score (nSPS) is 14.8. The lowest BCUT2D eigenvalue weighted by atomic mass is 10.2. The molecule has 1 saturated heterocycles. The van der Waals surface area contributed by atoms with E-state index in [0.717, 1.165) is 49.1 Å². The molecule has 2 aromatic heterocycles. The molecule has 0 atom stereocenters. The first-order chi connectivity index (χ1) is 15.0. The highest BCUT2D eigenvalue weighted by Gasteiger charge is 2.20. The number of aromatic nitrogens is 1. The highest BCUT2D eigenvalue weighted by molar-refractivity contribution is 7.90. The Morgan fingerprint density at radius 3 is 2.68 bits per heavy atom. The first-order valence-corrected chi connectivity index (χ1v) is 11.4. The van der Waals surface area contributed by atoms with Crippen molar-refractivity contribution in [1.82, 2.24) is 9.29 Å². The van der Waals surface area contributed by atoms with Gasteiger partial charge in [0.15, 0.2) is 0 Å². The molecule has 1 fully saturated rings. The van der Waals surface area contributed by atoms with Gasteiger partial charge in [0.25, 0.3) is 16.5 Å². The molecule has 2 aromatic carbocycles. The number of rotatable bonds is 3. The Hall–Kier alpha value is -3.30. The minimum atomic E-state index is -3.70. The van der Waals surface area contributed by atoms with Crippen LogP contribution in [0.15, 0.2) is 70.3 Å². The molecule has 0 bridgehead atoms. The minimum Gasteiger partial charge on any atom is -0.483 e. The first-order valence-electron chi connectivity index (χ1n) is 9.92. The van der Waals surface area contributed by atoms with Crippen LogP contribution in [0.2, 0.25) is 0 Å². The van der Waals surface area contributed by atoms with Crippen molar-refractivity contribution in [3.63, 3.8) is 0 Å². The maximum absolute atomic E-state index is 13.3. The molecule has 9 heteroatoms. The van der Waals surface area contributed by atoms with Crippen LogP contribution in [0.5, 0.6) is 0 Å². The van der Waals surface area contributed by atoms with Gasteiger partial charge in [-0.1, -0.05) is 6.07 Å². The Kier molecular flexibility index (Phi) is 5.97. The zero-order chi connectivity index (χ0) is 21.8. The van der Waals surface area contributed by atoms with Gasteiger partial charge in [-0.25, -0.2) is 12.4 Å². The molecule has 162 valence electrons. The molecule has 0 radical (unpaired) electrons. The highest BCUT2D eigenvalue weighted by atomic mass is 32.2. The standard InChI is InChI=1S/C21H21N3O3S.CH2O2/c25-28(26,19-4-5-21-17(14-19)7-13-27-21)24-11-6-16-2-3-18(15-20(16)24)23-10-1-8-22-9-12-23;2-1-3/h2-7,11,13-15,22H,1,8-10,12H2;1H,(H,2,3). The second-order valence-corrected chi connectivity index (χ2v) is 8.99. The van der Waals surface area contributed by atoms with Crippen LogP contribution in [0.1, 0.15) is 6.42 Å². The summed E-state index contributed by atoms with van der Waals surface area (Å²) in [5, 5.41) is 12.0. The van der Waals surface area contributed by atoms with E-state index in [1.165, 1.54) is 3.97 Å². The van der Waals surface area contributed by atoms with Crippen LogP contribution in [-0.4, -0.2) is 50.1 Å². The van der Waals surface area contributed by atoms with E-state index in [9.17, 15) is 8.42 Å². The van der Waals surface area contributed by atoms with Gasteiger partial charge >= 0.3 is 0 Å². The number of benzene rings is 2. The van der Waals surface area contributed by atoms with Gasteiger partial charge in [0.2, 0.25) is 0 Å². The van der Waals surface area contributed by atoms with Crippen molar-refractivity contribution in [3.8, 4) is 0 Å². The molecule has 3 heterocycles. The number of anilines is 1. The molecular formula is C22H23N3O5S. The molecule has 31 heavy (non-hydrogen) atoms. The summed E-state index contributed by atoms with van der Waals surface area (Å²) in [4.78, 5) is 10.9. The smallest absolute Gasteiger partial charge is 0.290 e. The number of fused-ring (bicyclic) bond motifs is 2. The summed E-state index contributed by atoms with van der Waals surface area (Å²) < 4.78 is 33.4. The molecule has 2 N–H and O–H groups in total. The van der Waals surface area contributed by atoms with Crippen molar-refractivity contribution < 1.29 is 22.7 Å². The lowest BCUT2D eigenvalue weighted by Gasteiger charge is -2.22. The number of hydrogen-bond donors (Lipinski definition) is 2. The predicted molar refractivity (Wildman–Crippen MR) is 119 cm³/mol. The van der Waals surface area contributed by atoms with Gasteiger partial charge in [-0.3, -0.25) is 4.79 Å². The van der Waals surface area contributed by atoms with Crippen molar-refractivity contribution in [1.29, 1.82) is 0 Å². The van der Waals surface area contributed by atoms with Crippen molar-refractivity contribution in [3.05, 3.63) is 61.0 Å². The maximum Gasteiger partial charge on any atom is 0.290 e. The molecule has 0 spiro atoms. The van der Waals surface area contributed by atoms with Crippen molar-refractivity contribution in [2.75, 3.05) is 31.1 Å². The number of carbonyl (C=O) groups is 1. The minimum absolute atomic E-state index is 0.250. The Morgan fingerprint density at radius 1 is 1.00 bits per heavy atom. The van der Waals surface area contributed by atoms with Gasteiger partial charge in [0, 0.05) is 42.3 Å². The lowest BCUT2D eigenvalue weighted by Crippen LogP contribution is -2.27. The van der Waals surface area contributed by atoms with Crippen LogP contribution in [0.3, 0.4) is 0 Å². The fraction of sp³-hybridized carbons (Fsp3) is 0.227. The van der Waals surface area contributed by atoms with Crippen LogP contribution < -0.4 is 10.2 Å². The van der Waals surface area contributed by atoms with Gasteiger partial charge in [-0.05, 0) is 55.4 Å². The topological polar surface area (TPSA) is 105 Å². The van der Waals surface area contributed by atoms with Crippen LogP contribution in [0.4, 0.5) is 5.69 Å². The van der Waals surface area contributed by atoms with Gasteiger partial charge < -0.3 is 19.7 Å². The average molecular weight is 442 g/mol. The van der Waals surface area contributed by atoms with E-state index >= 15 is 0 Å². The number of carboxylic acid groups (broad SMARTS) is 1. The molecule has 1 aliphatic rings. The Bertz CT molecular complexity index is 1300. The Balaban J connectivity index is 0.000000730. The monoisotopic (exact) mass is 441 g/mol. The van der Waals surface area contributed by atoms with Gasteiger partial charge in [0.1, 0.15) is 5.58 Å². The van der Waals surface area contributed by atoms with E-state index in [0.29, 0.717) is 11.1 Å². The van der Waals surface area contributed by atoms with E-state index < -0.39 is 10.0 Å². The summed E-state index contributed by atoms with van der Waals surface area (Å²) in [6.07, 6.45) is 4.27. The number of nitrogens with zero attached hydrogens (tertiary/aromatic N) is 2. The molecule has 5 rings (SSSR count). The fourth-order valence-corrected chi connectivity index (χ4v) is 5.20. The summed E-state index contributed by atoms with van der Waals surface area (Å²) in [5.74, 6) is 0. The molecule has 0 aliphatic carbocycles. The summed E-state index contributed by atoms with van der Waals surface area (Å²) in [6.45, 7) is 3.57. The first kappa shape index (κ1) is 21.0. The van der Waals surface area contributed by atoms with Crippen LogP contribution >= 0.6 is 0 Å². The number of furan rings is 1. The van der Waals surface area contributed by atoms with Gasteiger partial charge in [0.05, 0.1) is 16.7 Å². The van der Waals surface area contributed by atoms with Crippen molar-refractivity contribution in [2.24, 2.45) is 0 Å². The number of hydrogen-bond acceptors (Lipinski definition) is 6. The molecule has 0 unspecified atom stereocenters. The van der Waals surface area contributed by atoms with Crippen molar-refractivity contribution in [2.45, 2.75) is 11.3 Å². The lowest BCUT2D eigenvalue weighted by molar-refractivity contribution is -0.122. The third-order valence-corrected chi connectivity index (χ3v) is 7.01. The third kappa shape index (κ3) is 4.14. The van der Waals surface area contributed by atoms with E-state index in [1.807, 2.05) is 18.2 Å². The van der Waals surface area contributed by atoms with E-state index in [1.54, 1.807) is 36.7 Å². The van der Waals surface area contributed by atoms with E-state index in [-0.39, 0.29) is 11.4 Å². The van der Waals surface area contributed by atoms with Crippen molar-refractivity contribution >= 4 is 44.1 Å². The van der Waals surface area contributed by atoms with Gasteiger partial charge in [-0.15, -0.1) is 0 Å². The van der Waals surface area contributed by atoms with Crippen LogP contribution in [0.25, 0.3) is 21.9 Å². The summed E-state index contributed by atoms with van der Waals surface area (Å²) in [6, 6.07) is 14.6. The fourth-order valence-electron chi connectivity index (χ4n) is 3.82. The number of nitrogens with one attached hydrogen (secondary N) is 1. The van der Waals surface area contributed by atoms with Gasteiger partial charge in [-0.2, -0.15) is 0 Å². The molecule has 0 amide bonds. The average Bonchev–Trinajstić information content (AvgIpc) is 3.32. The zero-order valence-electron chi connectivity index (χ0n) is 16.8. The van der Waals surface area contributed by atoms with Crippen LogP contribution in [-0.2, 0) is 14.8 Å². The Morgan fingerprint density at radius 2 is 1.84 bits per heavy atom. The van der Waals surface area contributed by atoms with E-state index in [4.69, 9.17) is 14.3 Å².